The van der Waals surface area contributed by atoms with E-state index in [0.717, 1.165) is 63.2 Å². The molecule has 0 amide bonds. The molecule has 1 N–H and O–H groups in total. The minimum absolute atomic E-state index is 0.652. The molecular weight excluding hydrogens is 340 g/mol. The smallest absolute Gasteiger partial charge is 0.193 e. The van der Waals surface area contributed by atoms with Crippen LogP contribution in [-0.4, -0.2) is 75.4 Å². The van der Waals surface area contributed by atoms with E-state index in [-0.39, 0.29) is 0 Å². The first kappa shape index (κ1) is 21.5. The number of unbranched alkanes of at least 4 members (excludes halogenated alkanes) is 1. The van der Waals surface area contributed by atoms with Crippen LogP contribution in [0.25, 0.3) is 0 Å². The Bertz CT molecular complexity index is 559. The lowest BCUT2D eigenvalue weighted by molar-refractivity contribution is 0.0322. The average Bonchev–Trinajstić information content (AvgIpc) is 2.70. The first-order chi connectivity index (χ1) is 13.2. The van der Waals surface area contributed by atoms with Gasteiger partial charge in [-0.25, -0.2) is 4.99 Å². The van der Waals surface area contributed by atoms with Crippen molar-refractivity contribution in [3.63, 3.8) is 0 Å². The van der Waals surface area contributed by atoms with Crippen LogP contribution in [-0.2, 0) is 11.3 Å². The van der Waals surface area contributed by atoms with Crippen molar-refractivity contribution in [2.75, 3.05) is 59.6 Å². The number of benzene rings is 1. The Morgan fingerprint density at radius 3 is 2.85 bits per heavy atom. The Morgan fingerprint density at radius 2 is 2.11 bits per heavy atom. The van der Waals surface area contributed by atoms with E-state index in [4.69, 9.17) is 14.5 Å². The number of nitrogens with zero attached hydrogens (tertiary/aromatic N) is 3. The number of rotatable bonds is 10. The van der Waals surface area contributed by atoms with Gasteiger partial charge in [0.2, 0.25) is 0 Å². The molecule has 1 saturated heterocycles. The van der Waals surface area contributed by atoms with Gasteiger partial charge < -0.3 is 19.7 Å². The number of ether oxygens (including phenoxy) is 2. The van der Waals surface area contributed by atoms with Crippen LogP contribution in [0.3, 0.4) is 0 Å². The molecule has 152 valence electrons. The standard InChI is InChI=1S/C21H36N4O2/c1-4-6-10-24(3)21(22-5-2)23-18-19-8-7-9-20(17-19)27-16-13-25-11-14-26-15-12-25/h7-9,17H,4-6,10-16,18H2,1-3H3,(H,22,23). The van der Waals surface area contributed by atoms with Crippen LogP contribution < -0.4 is 10.1 Å². The molecule has 1 heterocycles. The zero-order valence-electron chi connectivity index (χ0n) is 17.2. The molecule has 0 aliphatic carbocycles. The number of nitrogens with one attached hydrogen (secondary N) is 1. The van der Waals surface area contributed by atoms with Gasteiger partial charge in [0.1, 0.15) is 12.4 Å². The van der Waals surface area contributed by atoms with Crippen LogP contribution in [0.1, 0.15) is 32.3 Å². The molecule has 1 aliphatic heterocycles. The van der Waals surface area contributed by atoms with Gasteiger partial charge in [-0.2, -0.15) is 0 Å². The highest BCUT2D eigenvalue weighted by molar-refractivity contribution is 5.79. The third kappa shape index (κ3) is 8.18. The van der Waals surface area contributed by atoms with Gasteiger partial charge in [-0.05, 0) is 31.0 Å². The summed E-state index contributed by atoms with van der Waals surface area (Å²) in [4.78, 5) is 9.37. The van der Waals surface area contributed by atoms with Gasteiger partial charge in [-0.3, -0.25) is 4.90 Å². The maximum atomic E-state index is 5.95. The van der Waals surface area contributed by atoms with E-state index in [1.807, 2.05) is 12.1 Å². The lowest BCUT2D eigenvalue weighted by Gasteiger charge is -2.26. The van der Waals surface area contributed by atoms with Crippen molar-refractivity contribution in [3.05, 3.63) is 29.8 Å². The van der Waals surface area contributed by atoms with Crippen molar-refractivity contribution in [2.45, 2.75) is 33.2 Å². The predicted octanol–water partition coefficient (Wildman–Crippen LogP) is 2.60. The van der Waals surface area contributed by atoms with E-state index in [9.17, 15) is 0 Å². The zero-order valence-corrected chi connectivity index (χ0v) is 17.2. The molecule has 0 unspecified atom stereocenters. The lowest BCUT2D eigenvalue weighted by Crippen LogP contribution is -2.39. The van der Waals surface area contributed by atoms with Gasteiger partial charge in [0.25, 0.3) is 0 Å². The van der Waals surface area contributed by atoms with E-state index >= 15 is 0 Å². The SMILES string of the molecule is CCCCN(C)C(=NCc1cccc(OCCN2CCOCC2)c1)NCC. The van der Waals surface area contributed by atoms with Crippen LogP contribution in [0.2, 0.25) is 0 Å². The summed E-state index contributed by atoms with van der Waals surface area (Å²) in [5.74, 6) is 1.88. The zero-order chi connectivity index (χ0) is 19.3. The van der Waals surface area contributed by atoms with Gasteiger partial charge in [0.05, 0.1) is 19.8 Å². The van der Waals surface area contributed by atoms with Crippen molar-refractivity contribution in [3.8, 4) is 5.75 Å². The molecule has 27 heavy (non-hydrogen) atoms. The second kappa shape index (κ2) is 12.6. The quantitative estimate of drug-likeness (QED) is 0.502. The molecule has 0 spiro atoms. The summed E-state index contributed by atoms with van der Waals surface area (Å²) in [5.41, 5.74) is 1.16. The Labute approximate surface area is 164 Å². The second-order valence-electron chi connectivity index (χ2n) is 6.90. The molecule has 2 rings (SSSR count). The highest BCUT2D eigenvalue weighted by atomic mass is 16.5. The van der Waals surface area contributed by atoms with Crippen molar-refractivity contribution in [1.29, 1.82) is 0 Å². The molecule has 0 saturated carbocycles. The van der Waals surface area contributed by atoms with Crippen molar-refractivity contribution in [2.24, 2.45) is 4.99 Å². The van der Waals surface area contributed by atoms with Gasteiger partial charge in [-0.1, -0.05) is 25.5 Å². The van der Waals surface area contributed by atoms with Crippen molar-refractivity contribution < 1.29 is 9.47 Å². The van der Waals surface area contributed by atoms with Crippen LogP contribution in [0.4, 0.5) is 0 Å². The Balaban J connectivity index is 1.85. The van der Waals surface area contributed by atoms with Crippen LogP contribution in [0.15, 0.2) is 29.3 Å². The molecule has 0 aromatic heterocycles. The molecule has 0 bridgehead atoms. The number of hydrogen-bond donors (Lipinski definition) is 1. The molecule has 1 aliphatic rings. The van der Waals surface area contributed by atoms with E-state index in [2.05, 4.69) is 48.1 Å². The van der Waals surface area contributed by atoms with Crippen molar-refractivity contribution >= 4 is 5.96 Å². The van der Waals surface area contributed by atoms with Crippen LogP contribution in [0, 0.1) is 0 Å². The highest BCUT2D eigenvalue weighted by Crippen LogP contribution is 2.14. The largest absolute Gasteiger partial charge is 0.492 e. The van der Waals surface area contributed by atoms with Gasteiger partial charge in [-0.15, -0.1) is 0 Å². The van der Waals surface area contributed by atoms with Crippen LogP contribution in [0.5, 0.6) is 5.75 Å². The summed E-state index contributed by atoms with van der Waals surface area (Å²) in [7, 11) is 2.10. The molecule has 0 radical (unpaired) electrons. The lowest BCUT2D eigenvalue weighted by atomic mass is 10.2. The fourth-order valence-electron chi connectivity index (χ4n) is 2.99. The minimum atomic E-state index is 0.652. The van der Waals surface area contributed by atoms with E-state index < -0.39 is 0 Å². The Morgan fingerprint density at radius 1 is 1.30 bits per heavy atom. The monoisotopic (exact) mass is 376 g/mol. The number of hydrogen-bond acceptors (Lipinski definition) is 4. The summed E-state index contributed by atoms with van der Waals surface area (Å²) >= 11 is 0. The molecular formula is C21H36N4O2. The third-order valence-electron chi connectivity index (χ3n) is 4.63. The maximum Gasteiger partial charge on any atom is 0.193 e. The molecule has 1 aromatic carbocycles. The van der Waals surface area contributed by atoms with E-state index in [0.29, 0.717) is 13.2 Å². The minimum Gasteiger partial charge on any atom is -0.492 e. The topological polar surface area (TPSA) is 49.3 Å². The second-order valence-corrected chi connectivity index (χ2v) is 6.90. The summed E-state index contributed by atoms with van der Waals surface area (Å²) in [6.07, 6.45) is 2.36. The Hall–Kier alpha value is -1.79. The molecule has 6 nitrogen and oxygen atoms in total. The first-order valence-corrected chi connectivity index (χ1v) is 10.2. The van der Waals surface area contributed by atoms with E-state index in [1.165, 1.54) is 12.8 Å². The van der Waals surface area contributed by atoms with Gasteiger partial charge in [0.15, 0.2) is 5.96 Å². The number of guanidine groups is 1. The first-order valence-electron chi connectivity index (χ1n) is 10.2. The molecule has 1 fully saturated rings. The predicted molar refractivity (Wildman–Crippen MR) is 112 cm³/mol. The normalized spacial score (nSPS) is 15.6. The summed E-state index contributed by atoms with van der Waals surface area (Å²) in [6.45, 7) is 12.2. The maximum absolute atomic E-state index is 5.95. The number of morpholine rings is 1. The summed E-state index contributed by atoms with van der Waals surface area (Å²) < 4.78 is 11.3. The van der Waals surface area contributed by atoms with E-state index in [1.54, 1.807) is 0 Å². The fourth-order valence-corrected chi connectivity index (χ4v) is 2.99. The molecule has 6 heteroatoms. The summed E-state index contributed by atoms with van der Waals surface area (Å²) in [5, 5.41) is 3.38. The van der Waals surface area contributed by atoms with Crippen molar-refractivity contribution in [1.82, 2.24) is 15.1 Å². The Kier molecular flexibility index (Phi) is 10.0. The number of aliphatic imine (C=N–C) groups is 1. The van der Waals surface area contributed by atoms with Gasteiger partial charge >= 0.3 is 0 Å². The summed E-state index contributed by atoms with van der Waals surface area (Å²) in [6, 6.07) is 8.26. The average molecular weight is 377 g/mol. The molecule has 0 atom stereocenters. The van der Waals surface area contributed by atoms with Crippen LogP contribution >= 0.6 is 0 Å². The van der Waals surface area contributed by atoms with Gasteiger partial charge in [0, 0.05) is 39.8 Å². The highest BCUT2D eigenvalue weighted by Gasteiger charge is 2.10. The fraction of sp³-hybridized carbons (Fsp3) is 0.667. The third-order valence-corrected chi connectivity index (χ3v) is 4.63. The molecule has 1 aromatic rings.